The van der Waals surface area contributed by atoms with Gasteiger partial charge >= 0.3 is 0 Å². The molecule has 0 aliphatic carbocycles. The summed E-state index contributed by atoms with van der Waals surface area (Å²) in [4.78, 5) is 1.02. The standard InChI is InChI=1S/C6H6S.CH5N/c7-6-4-2-1-3-5-6;1-2/h1-5,7H;2H2,1H3. The summed E-state index contributed by atoms with van der Waals surface area (Å²) in [6, 6.07) is 9.79. The predicted octanol–water partition coefficient (Wildman–Crippen LogP) is 1.55. The van der Waals surface area contributed by atoms with E-state index in [9.17, 15) is 0 Å². The lowest BCUT2D eigenvalue weighted by molar-refractivity contribution is 1.48. The van der Waals surface area contributed by atoms with E-state index >= 15 is 0 Å². The van der Waals surface area contributed by atoms with Gasteiger partial charge in [-0.2, -0.15) is 0 Å². The van der Waals surface area contributed by atoms with Crippen molar-refractivity contribution >= 4 is 12.6 Å². The van der Waals surface area contributed by atoms with Gasteiger partial charge in [0.1, 0.15) is 0 Å². The van der Waals surface area contributed by atoms with Crippen molar-refractivity contribution in [2.24, 2.45) is 5.73 Å². The van der Waals surface area contributed by atoms with Gasteiger partial charge in [-0.05, 0) is 19.2 Å². The van der Waals surface area contributed by atoms with Crippen LogP contribution in [0.5, 0.6) is 0 Å². The zero-order valence-corrected chi connectivity index (χ0v) is 6.31. The highest BCUT2D eigenvalue weighted by Gasteiger charge is 1.73. The summed E-state index contributed by atoms with van der Waals surface area (Å²) in [5, 5.41) is 0. The van der Waals surface area contributed by atoms with E-state index in [2.05, 4.69) is 18.4 Å². The molecule has 2 heteroatoms. The molecule has 1 rings (SSSR count). The van der Waals surface area contributed by atoms with Gasteiger partial charge in [0.2, 0.25) is 0 Å². The number of hydrogen-bond donors (Lipinski definition) is 2. The molecule has 1 nitrogen and oxygen atoms in total. The van der Waals surface area contributed by atoms with Crippen molar-refractivity contribution in [1.29, 1.82) is 0 Å². The van der Waals surface area contributed by atoms with Crippen LogP contribution in [0.25, 0.3) is 0 Å². The third-order valence-electron chi connectivity index (χ3n) is 0.756. The summed E-state index contributed by atoms with van der Waals surface area (Å²) in [6.07, 6.45) is 0. The average Bonchev–Trinajstić information content (AvgIpc) is 1.94. The molecule has 0 aliphatic heterocycles. The fourth-order valence-electron chi connectivity index (χ4n) is 0.428. The number of benzene rings is 1. The van der Waals surface area contributed by atoms with Crippen LogP contribution in [0.3, 0.4) is 0 Å². The second-order valence-electron chi connectivity index (χ2n) is 1.34. The first kappa shape index (κ1) is 8.53. The molecule has 0 spiro atoms. The molecule has 0 aromatic heterocycles. The molecule has 0 saturated heterocycles. The lowest BCUT2D eigenvalue weighted by Crippen LogP contribution is -1.69. The first-order valence-electron chi connectivity index (χ1n) is 2.71. The van der Waals surface area contributed by atoms with E-state index in [1.807, 2.05) is 30.3 Å². The summed E-state index contributed by atoms with van der Waals surface area (Å²) in [5.41, 5.74) is 4.50. The Balaban J connectivity index is 0.000000291. The maximum Gasteiger partial charge on any atom is 0.00399 e. The van der Waals surface area contributed by atoms with E-state index in [0.29, 0.717) is 0 Å². The highest BCUT2D eigenvalue weighted by molar-refractivity contribution is 7.80. The molecular formula is C7H11NS. The summed E-state index contributed by atoms with van der Waals surface area (Å²) in [5.74, 6) is 0. The summed E-state index contributed by atoms with van der Waals surface area (Å²) in [7, 11) is 1.50. The van der Waals surface area contributed by atoms with Gasteiger partial charge in [-0.15, -0.1) is 12.6 Å². The van der Waals surface area contributed by atoms with Crippen LogP contribution >= 0.6 is 12.6 Å². The Kier molecular flexibility index (Phi) is 5.37. The smallest absolute Gasteiger partial charge is 0.00399 e. The SMILES string of the molecule is CN.Sc1ccccc1. The normalized spacial score (nSPS) is 7.44. The first-order valence-corrected chi connectivity index (χ1v) is 3.16. The fraction of sp³-hybridized carbons (Fsp3) is 0.143. The Morgan fingerprint density at radius 3 is 1.78 bits per heavy atom. The molecule has 1 aromatic rings. The van der Waals surface area contributed by atoms with E-state index in [0.717, 1.165) is 4.90 Å². The highest BCUT2D eigenvalue weighted by atomic mass is 32.1. The van der Waals surface area contributed by atoms with Gasteiger partial charge < -0.3 is 5.73 Å². The zero-order valence-electron chi connectivity index (χ0n) is 5.41. The van der Waals surface area contributed by atoms with E-state index in [1.54, 1.807) is 0 Å². The van der Waals surface area contributed by atoms with Crippen molar-refractivity contribution in [2.75, 3.05) is 7.05 Å². The Morgan fingerprint density at radius 1 is 1.11 bits per heavy atom. The van der Waals surface area contributed by atoms with E-state index in [4.69, 9.17) is 0 Å². The number of thiol groups is 1. The molecule has 0 radical (unpaired) electrons. The topological polar surface area (TPSA) is 26.0 Å². The minimum Gasteiger partial charge on any atom is -0.333 e. The Morgan fingerprint density at radius 2 is 1.56 bits per heavy atom. The minimum atomic E-state index is 1.02. The second-order valence-corrected chi connectivity index (χ2v) is 1.85. The molecule has 0 atom stereocenters. The third-order valence-corrected chi connectivity index (χ3v) is 1.05. The largest absolute Gasteiger partial charge is 0.333 e. The quantitative estimate of drug-likeness (QED) is 0.527. The minimum absolute atomic E-state index is 1.02. The van der Waals surface area contributed by atoms with Crippen molar-refractivity contribution in [1.82, 2.24) is 0 Å². The van der Waals surface area contributed by atoms with Gasteiger partial charge in [0.25, 0.3) is 0 Å². The molecule has 0 aliphatic rings. The van der Waals surface area contributed by atoms with E-state index in [-0.39, 0.29) is 0 Å². The molecular weight excluding hydrogens is 130 g/mol. The van der Waals surface area contributed by atoms with Crippen molar-refractivity contribution in [3.05, 3.63) is 30.3 Å². The van der Waals surface area contributed by atoms with Crippen molar-refractivity contribution in [2.45, 2.75) is 4.90 Å². The van der Waals surface area contributed by atoms with Crippen LogP contribution in [0.4, 0.5) is 0 Å². The van der Waals surface area contributed by atoms with Crippen molar-refractivity contribution in [3.8, 4) is 0 Å². The van der Waals surface area contributed by atoms with Crippen LogP contribution < -0.4 is 5.73 Å². The molecule has 1 aromatic carbocycles. The van der Waals surface area contributed by atoms with Crippen LogP contribution in [-0.4, -0.2) is 7.05 Å². The van der Waals surface area contributed by atoms with Crippen molar-refractivity contribution in [3.63, 3.8) is 0 Å². The van der Waals surface area contributed by atoms with Crippen LogP contribution in [0.1, 0.15) is 0 Å². The molecule has 0 bridgehead atoms. The highest BCUT2D eigenvalue weighted by Crippen LogP contribution is 2.00. The summed E-state index contributed by atoms with van der Waals surface area (Å²) >= 11 is 4.08. The summed E-state index contributed by atoms with van der Waals surface area (Å²) in [6.45, 7) is 0. The molecule has 2 N–H and O–H groups in total. The Bertz CT molecular complexity index is 139. The third kappa shape index (κ3) is 4.06. The first-order chi connectivity index (χ1) is 4.39. The summed E-state index contributed by atoms with van der Waals surface area (Å²) < 4.78 is 0. The molecule has 50 valence electrons. The molecule has 0 unspecified atom stereocenters. The van der Waals surface area contributed by atoms with Gasteiger partial charge in [0.15, 0.2) is 0 Å². The fourth-order valence-corrected chi connectivity index (χ4v) is 0.600. The molecule has 9 heavy (non-hydrogen) atoms. The molecule has 0 fully saturated rings. The van der Waals surface area contributed by atoms with Gasteiger partial charge in [0, 0.05) is 4.90 Å². The number of nitrogens with two attached hydrogens (primary N) is 1. The van der Waals surface area contributed by atoms with Crippen LogP contribution in [0, 0.1) is 0 Å². The number of rotatable bonds is 0. The lowest BCUT2D eigenvalue weighted by Gasteiger charge is -1.81. The van der Waals surface area contributed by atoms with Gasteiger partial charge in [0.05, 0.1) is 0 Å². The van der Waals surface area contributed by atoms with Crippen molar-refractivity contribution < 1.29 is 0 Å². The van der Waals surface area contributed by atoms with E-state index < -0.39 is 0 Å². The van der Waals surface area contributed by atoms with E-state index in [1.165, 1.54) is 7.05 Å². The zero-order chi connectivity index (χ0) is 7.11. The predicted molar refractivity (Wildman–Crippen MR) is 43.8 cm³/mol. The van der Waals surface area contributed by atoms with Gasteiger partial charge in [-0.25, -0.2) is 0 Å². The Hall–Kier alpha value is -0.470. The molecule has 0 heterocycles. The lowest BCUT2D eigenvalue weighted by atomic mass is 10.4. The monoisotopic (exact) mass is 141 g/mol. The van der Waals surface area contributed by atoms with Crippen LogP contribution in [-0.2, 0) is 0 Å². The van der Waals surface area contributed by atoms with Crippen LogP contribution in [0.2, 0.25) is 0 Å². The molecule has 0 saturated carbocycles. The van der Waals surface area contributed by atoms with Crippen LogP contribution in [0.15, 0.2) is 35.2 Å². The maximum absolute atomic E-state index is 4.50. The number of hydrogen-bond acceptors (Lipinski definition) is 2. The maximum atomic E-state index is 4.50. The van der Waals surface area contributed by atoms with Gasteiger partial charge in [-0.1, -0.05) is 18.2 Å². The average molecular weight is 141 g/mol. The molecule has 0 amide bonds. The van der Waals surface area contributed by atoms with Gasteiger partial charge in [-0.3, -0.25) is 0 Å². The second kappa shape index (κ2) is 5.66. The Labute approximate surface area is 61.3 Å².